The van der Waals surface area contributed by atoms with Gasteiger partial charge in [0.05, 0.1) is 0 Å². The molecule has 0 saturated heterocycles. The van der Waals surface area contributed by atoms with Gasteiger partial charge in [-0.1, -0.05) is 49.8 Å². The first-order valence-electron chi connectivity index (χ1n) is 7.10. The molecule has 1 unspecified atom stereocenters. The fourth-order valence-electron chi connectivity index (χ4n) is 3.00. The van der Waals surface area contributed by atoms with E-state index in [-0.39, 0.29) is 6.04 Å². The lowest BCUT2D eigenvalue weighted by Crippen LogP contribution is -2.18. The quantitative estimate of drug-likeness (QED) is 0.824. The first-order valence-corrected chi connectivity index (χ1v) is 7.48. The van der Waals surface area contributed by atoms with E-state index < -0.39 is 0 Å². The van der Waals surface area contributed by atoms with Gasteiger partial charge in [0.2, 0.25) is 0 Å². The highest BCUT2D eigenvalue weighted by Crippen LogP contribution is 2.33. The number of hydrogen-bond donors (Lipinski definition) is 1. The van der Waals surface area contributed by atoms with E-state index in [1.807, 2.05) is 6.07 Å². The monoisotopic (exact) mass is 265 g/mol. The van der Waals surface area contributed by atoms with Crippen molar-refractivity contribution in [3.8, 4) is 0 Å². The van der Waals surface area contributed by atoms with Crippen molar-refractivity contribution in [3.05, 3.63) is 33.8 Å². The molecule has 1 fully saturated rings. The van der Waals surface area contributed by atoms with Crippen LogP contribution in [-0.2, 0) is 0 Å². The fraction of sp³-hybridized carbons (Fsp3) is 0.625. The molecule has 1 aliphatic rings. The smallest absolute Gasteiger partial charge is 0.0456 e. The Bertz CT molecular complexity index is 408. The van der Waals surface area contributed by atoms with E-state index in [2.05, 4.69) is 19.9 Å². The van der Waals surface area contributed by atoms with Crippen molar-refractivity contribution in [2.75, 3.05) is 0 Å². The summed E-state index contributed by atoms with van der Waals surface area (Å²) in [4.78, 5) is 0. The minimum absolute atomic E-state index is 0.0971. The number of halogens is 1. The fourth-order valence-corrected chi connectivity index (χ4v) is 3.35. The molecule has 0 spiro atoms. The molecule has 1 aromatic rings. The van der Waals surface area contributed by atoms with Crippen molar-refractivity contribution in [1.82, 2.24) is 0 Å². The van der Waals surface area contributed by atoms with Gasteiger partial charge in [0.1, 0.15) is 0 Å². The second-order valence-electron chi connectivity index (χ2n) is 5.80. The average molecular weight is 266 g/mol. The van der Waals surface area contributed by atoms with Gasteiger partial charge in [0.25, 0.3) is 0 Å². The highest BCUT2D eigenvalue weighted by atomic mass is 35.5. The van der Waals surface area contributed by atoms with E-state index >= 15 is 0 Å². The number of aryl methyl sites for hydroxylation is 2. The van der Waals surface area contributed by atoms with Gasteiger partial charge in [-0.2, -0.15) is 0 Å². The minimum atomic E-state index is 0.0971. The third-order valence-corrected chi connectivity index (χ3v) is 4.65. The Morgan fingerprint density at radius 3 is 2.44 bits per heavy atom. The minimum Gasteiger partial charge on any atom is -0.324 e. The van der Waals surface area contributed by atoms with Crippen LogP contribution >= 0.6 is 11.6 Å². The first kappa shape index (κ1) is 13.9. The largest absolute Gasteiger partial charge is 0.324 e. The Morgan fingerprint density at radius 1 is 1.17 bits per heavy atom. The van der Waals surface area contributed by atoms with Crippen LogP contribution in [-0.4, -0.2) is 0 Å². The molecule has 0 amide bonds. The Hall–Kier alpha value is -0.530. The second kappa shape index (κ2) is 6.08. The molecule has 2 heteroatoms. The van der Waals surface area contributed by atoms with Crippen LogP contribution in [0.5, 0.6) is 0 Å². The van der Waals surface area contributed by atoms with E-state index in [0.29, 0.717) is 0 Å². The molecule has 100 valence electrons. The van der Waals surface area contributed by atoms with Gasteiger partial charge < -0.3 is 5.73 Å². The van der Waals surface area contributed by atoms with Gasteiger partial charge in [-0.25, -0.2) is 0 Å². The van der Waals surface area contributed by atoms with Gasteiger partial charge in [0.15, 0.2) is 0 Å². The molecule has 0 aromatic heterocycles. The average Bonchev–Trinajstić information content (AvgIpc) is 2.35. The maximum atomic E-state index is 6.36. The Morgan fingerprint density at radius 2 is 1.78 bits per heavy atom. The molecule has 0 bridgehead atoms. The van der Waals surface area contributed by atoms with Crippen molar-refractivity contribution in [3.63, 3.8) is 0 Å². The molecule has 18 heavy (non-hydrogen) atoms. The normalized spacial score (nSPS) is 18.9. The third kappa shape index (κ3) is 3.27. The molecule has 1 nitrogen and oxygen atoms in total. The van der Waals surface area contributed by atoms with E-state index in [9.17, 15) is 0 Å². The van der Waals surface area contributed by atoms with Crippen LogP contribution in [0.15, 0.2) is 12.1 Å². The van der Waals surface area contributed by atoms with Crippen molar-refractivity contribution < 1.29 is 0 Å². The lowest BCUT2D eigenvalue weighted by atomic mass is 9.83. The molecule has 0 radical (unpaired) electrons. The molecule has 0 heterocycles. The molecular weight excluding hydrogens is 242 g/mol. The van der Waals surface area contributed by atoms with Crippen LogP contribution in [0.1, 0.15) is 61.3 Å². The SMILES string of the molecule is Cc1cc(Cl)c(C(N)CC2CCCCC2)cc1C. The van der Waals surface area contributed by atoms with Crippen LogP contribution in [0.25, 0.3) is 0 Å². The zero-order valence-electron chi connectivity index (χ0n) is 11.5. The first-order chi connectivity index (χ1) is 8.58. The topological polar surface area (TPSA) is 26.0 Å². The summed E-state index contributed by atoms with van der Waals surface area (Å²) in [6.07, 6.45) is 7.92. The van der Waals surface area contributed by atoms with E-state index in [1.54, 1.807) is 0 Å². The predicted molar refractivity (Wildman–Crippen MR) is 79.0 cm³/mol. The number of hydrogen-bond acceptors (Lipinski definition) is 1. The van der Waals surface area contributed by atoms with Gasteiger partial charge in [-0.15, -0.1) is 0 Å². The van der Waals surface area contributed by atoms with E-state index in [0.717, 1.165) is 22.9 Å². The molecule has 2 rings (SSSR count). The summed E-state index contributed by atoms with van der Waals surface area (Å²) in [6, 6.07) is 4.32. The number of benzene rings is 1. The highest BCUT2D eigenvalue weighted by Gasteiger charge is 2.19. The van der Waals surface area contributed by atoms with Gasteiger partial charge in [0, 0.05) is 11.1 Å². The van der Waals surface area contributed by atoms with Crippen LogP contribution in [0, 0.1) is 19.8 Å². The summed E-state index contributed by atoms with van der Waals surface area (Å²) in [6.45, 7) is 4.22. The molecule has 2 N–H and O–H groups in total. The number of rotatable bonds is 3. The van der Waals surface area contributed by atoms with Crippen LogP contribution in [0.3, 0.4) is 0 Å². The molecule has 0 aliphatic heterocycles. The Labute approximate surface area is 116 Å². The molecule has 1 atom stereocenters. The van der Waals surface area contributed by atoms with E-state index in [1.165, 1.54) is 43.2 Å². The van der Waals surface area contributed by atoms with Gasteiger partial charge >= 0.3 is 0 Å². The maximum Gasteiger partial charge on any atom is 0.0456 e. The summed E-state index contributed by atoms with van der Waals surface area (Å²) in [5.41, 5.74) is 10.0. The van der Waals surface area contributed by atoms with Crippen molar-refractivity contribution in [1.29, 1.82) is 0 Å². The standard InChI is InChI=1S/C16H24ClN/c1-11-8-14(15(17)9-12(11)2)16(18)10-13-6-4-3-5-7-13/h8-9,13,16H,3-7,10,18H2,1-2H3. The maximum absolute atomic E-state index is 6.36. The van der Waals surface area contributed by atoms with Crippen molar-refractivity contribution in [2.24, 2.45) is 11.7 Å². The van der Waals surface area contributed by atoms with Crippen molar-refractivity contribution in [2.45, 2.75) is 58.4 Å². The molecule has 1 aliphatic carbocycles. The van der Waals surface area contributed by atoms with Gasteiger partial charge in [-0.3, -0.25) is 0 Å². The highest BCUT2D eigenvalue weighted by molar-refractivity contribution is 6.31. The van der Waals surface area contributed by atoms with Crippen LogP contribution < -0.4 is 5.73 Å². The van der Waals surface area contributed by atoms with E-state index in [4.69, 9.17) is 17.3 Å². The lowest BCUT2D eigenvalue weighted by molar-refractivity contribution is 0.319. The van der Waals surface area contributed by atoms with Crippen LogP contribution in [0.2, 0.25) is 5.02 Å². The summed E-state index contributed by atoms with van der Waals surface area (Å²) < 4.78 is 0. The summed E-state index contributed by atoms with van der Waals surface area (Å²) in [5.74, 6) is 0.798. The lowest BCUT2D eigenvalue weighted by Gasteiger charge is -2.25. The third-order valence-electron chi connectivity index (χ3n) is 4.32. The Kier molecular flexibility index (Phi) is 4.69. The molecular formula is C16H24ClN. The zero-order chi connectivity index (χ0) is 13.1. The summed E-state index contributed by atoms with van der Waals surface area (Å²) >= 11 is 6.33. The van der Waals surface area contributed by atoms with Crippen molar-refractivity contribution >= 4 is 11.6 Å². The number of nitrogens with two attached hydrogens (primary N) is 1. The summed E-state index contributed by atoms with van der Waals surface area (Å²) in [7, 11) is 0. The Balaban J connectivity index is 2.08. The molecule has 1 aromatic carbocycles. The van der Waals surface area contributed by atoms with Gasteiger partial charge in [-0.05, 0) is 48.9 Å². The molecule has 1 saturated carbocycles. The second-order valence-corrected chi connectivity index (χ2v) is 6.21. The predicted octanol–water partition coefficient (Wildman–Crippen LogP) is 4.93. The summed E-state index contributed by atoms with van der Waals surface area (Å²) in [5, 5.41) is 0.835. The zero-order valence-corrected chi connectivity index (χ0v) is 12.3. The van der Waals surface area contributed by atoms with Crippen LogP contribution in [0.4, 0.5) is 0 Å².